The molecule has 2 aromatic carbocycles. The molecule has 0 bridgehead atoms. The van der Waals surface area contributed by atoms with E-state index in [2.05, 4.69) is 41.9 Å². The van der Waals surface area contributed by atoms with Crippen LogP contribution in [0, 0.1) is 0 Å². The average molecular weight is 671 g/mol. The molecule has 0 amide bonds. The van der Waals surface area contributed by atoms with E-state index in [4.69, 9.17) is 33.3 Å². The quantitative estimate of drug-likeness (QED) is 0.108. The van der Waals surface area contributed by atoms with Crippen molar-refractivity contribution in [3.05, 3.63) is 101 Å². The van der Waals surface area contributed by atoms with Gasteiger partial charge >= 0.3 is 0 Å². The maximum absolute atomic E-state index is 9.88. The van der Waals surface area contributed by atoms with Gasteiger partial charge in [0, 0.05) is 74.0 Å². The molecule has 1 aliphatic rings. The molecule has 1 fully saturated rings. The van der Waals surface area contributed by atoms with E-state index in [0.29, 0.717) is 58.3 Å². The molecule has 1 aliphatic heterocycles. The molecule has 0 aliphatic carbocycles. The Morgan fingerprint density at radius 1 is 0.872 bits per heavy atom. The first-order valence-corrected chi connectivity index (χ1v) is 16.1. The number of anilines is 4. The molecule has 1 atom stereocenters. The molecule has 7 rings (SSSR count). The zero-order valence-corrected chi connectivity index (χ0v) is 26.9. The topological polar surface area (TPSA) is 136 Å². The number of hydrogen-bond donors (Lipinski definition) is 5. The Balaban J connectivity index is 1.14. The van der Waals surface area contributed by atoms with Crippen LogP contribution < -0.4 is 16.0 Å². The zero-order valence-electron chi connectivity index (χ0n) is 25.4. The number of benzene rings is 2. The molecule has 5 heterocycles. The van der Waals surface area contributed by atoms with E-state index in [1.807, 2.05) is 59.3 Å². The van der Waals surface area contributed by atoms with E-state index in [9.17, 15) is 5.11 Å². The van der Waals surface area contributed by atoms with Crippen molar-refractivity contribution < 1.29 is 10.2 Å². The first kappa shape index (κ1) is 31.3. The summed E-state index contributed by atoms with van der Waals surface area (Å²) in [4.78, 5) is 20.6. The second kappa shape index (κ2) is 13.8. The van der Waals surface area contributed by atoms with Gasteiger partial charge in [0.05, 0.1) is 46.0 Å². The number of halogens is 2. The molecule has 0 saturated carbocycles. The summed E-state index contributed by atoms with van der Waals surface area (Å²) < 4.78 is 1.94. The van der Waals surface area contributed by atoms with Crippen LogP contribution >= 0.6 is 23.2 Å². The number of nitrogens with one attached hydrogen (secondary N) is 3. The van der Waals surface area contributed by atoms with Crippen molar-refractivity contribution in [3.8, 4) is 11.1 Å². The Hall–Kier alpha value is -4.36. The van der Waals surface area contributed by atoms with Crippen molar-refractivity contribution in [2.24, 2.45) is 0 Å². The van der Waals surface area contributed by atoms with Gasteiger partial charge in [0.1, 0.15) is 5.52 Å². The Morgan fingerprint density at radius 3 is 2.34 bits per heavy atom. The minimum absolute atomic E-state index is 0.0630. The molecule has 0 spiro atoms. The van der Waals surface area contributed by atoms with Crippen molar-refractivity contribution in [1.82, 2.24) is 34.6 Å². The maximum atomic E-state index is 9.88. The number of hydrogen-bond acceptors (Lipinski definition) is 10. The number of fused-ring (bicyclic) bond motifs is 2. The van der Waals surface area contributed by atoms with Crippen molar-refractivity contribution in [2.45, 2.75) is 25.6 Å². The number of pyridine rings is 2. The third kappa shape index (κ3) is 6.59. The lowest BCUT2D eigenvalue weighted by atomic mass is 10.0. The number of imidazole rings is 1. The first-order valence-electron chi connectivity index (χ1n) is 15.4. The lowest BCUT2D eigenvalue weighted by molar-refractivity contribution is 0.175. The van der Waals surface area contributed by atoms with Crippen molar-refractivity contribution in [2.75, 3.05) is 36.9 Å². The summed E-state index contributed by atoms with van der Waals surface area (Å²) in [6.45, 7) is 3.41. The summed E-state index contributed by atoms with van der Waals surface area (Å²) in [5, 5.41) is 30.8. The van der Waals surface area contributed by atoms with Crippen LogP contribution in [-0.4, -0.2) is 71.8 Å². The molecule has 1 unspecified atom stereocenters. The summed E-state index contributed by atoms with van der Waals surface area (Å²) in [5.74, 6) is 1.15. The van der Waals surface area contributed by atoms with Crippen LogP contribution in [-0.2, 0) is 13.1 Å². The Labute approximate surface area is 281 Å². The van der Waals surface area contributed by atoms with Crippen molar-refractivity contribution in [1.29, 1.82) is 0 Å². The largest absolute Gasteiger partial charge is 0.395 e. The summed E-state index contributed by atoms with van der Waals surface area (Å²) in [6.07, 6.45) is 9.49. The van der Waals surface area contributed by atoms with Gasteiger partial charge in [0.15, 0.2) is 17.3 Å². The highest BCUT2D eigenvalue weighted by Gasteiger charge is 2.21. The number of rotatable bonds is 11. The fourth-order valence-corrected chi connectivity index (χ4v) is 6.46. The van der Waals surface area contributed by atoms with Gasteiger partial charge in [0.25, 0.3) is 0 Å². The molecule has 4 aromatic heterocycles. The lowest BCUT2D eigenvalue weighted by Crippen LogP contribution is -2.21. The molecule has 47 heavy (non-hydrogen) atoms. The van der Waals surface area contributed by atoms with E-state index in [1.165, 1.54) is 0 Å². The molecule has 11 nitrogen and oxygen atoms in total. The van der Waals surface area contributed by atoms with Crippen LogP contribution in [0.5, 0.6) is 0 Å². The van der Waals surface area contributed by atoms with Crippen LogP contribution in [0.15, 0.2) is 79.5 Å². The number of aliphatic hydroxyl groups is 2. The number of β-amino-alcohol motifs (C(OH)–C–C–N with tert-alkyl or cyclic N) is 1. The Bertz CT molecular complexity index is 2050. The first-order chi connectivity index (χ1) is 23.0. The van der Waals surface area contributed by atoms with Crippen LogP contribution in [0.2, 0.25) is 10.0 Å². The highest BCUT2D eigenvalue weighted by atomic mass is 35.5. The number of aromatic nitrogens is 5. The number of likely N-dealkylation sites (tertiary alicyclic amines) is 1. The second-order valence-electron chi connectivity index (χ2n) is 11.5. The smallest absolute Gasteiger partial charge is 0.180 e. The van der Waals surface area contributed by atoms with Crippen molar-refractivity contribution in [3.63, 3.8) is 0 Å². The van der Waals surface area contributed by atoms with Gasteiger partial charge < -0.3 is 26.2 Å². The number of aliphatic hydroxyl groups excluding tert-OH is 2. The molecule has 1 saturated heterocycles. The Morgan fingerprint density at radius 2 is 1.62 bits per heavy atom. The van der Waals surface area contributed by atoms with E-state index < -0.39 is 0 Å². The zero-order chi connectivity index (χ0) is 32.3. The minimum atomic E-state index is -0.258. The van der Waals surface area contributed by atoms with Gasteiger partial charge in [-0.15, -0.1) is 0 Å². The molecular formula is C34H33Cl2N9O2. The second-order valence-corrected chi connectivity index (χ2v) is 12.2. The SMILES string of the molecule is OCCNCc1cnc2c(Nc3cccc(-c4cccc(Nc5nccc6cc(CN7CCC(O)C7)cnc56)c4Cl)c3Cl)nccn12. The molecule has 240 valence electrons. The standard InChI is InChI=1S/C34H33Cl2N9O2/c35-29-25(26-4-2-6-28(30(26)36)43-33-34-41-18-23(17-37-11-14-46)45(34)13-10-39-33)3-1-5-27(29)42-32-31-22(7-9-38-32)15-21(16-40-31)19-44-12-8-24(47)20-44/h1-7,9-10,13,15-16,18,24,37,46-47H,8,11-12,14,17,19-20H2,(H,38,42)(H,39,43). The minimum Gasteiger partial charge on any atom is -0.395 e. The van der Waals surface area contributed by atoms with Crippen LogP contribution in [0.25, 0.3) is 27.7 Å². The summed E-state index contributed by atoms with van der Waals surface area (Å²) in [5.41, 5.74) is 6.22. The molecule has 13 heteroatoms. The molecule has 6 aromatic rings. The summed E-state index contributed by atoms with van der Waals surface area (Å²) in [7, 11) is 0. The Kier molecular flexibility index (Phi) is 9.16. The number of nitrogens with zero attached hydrogens (tertiary/aromatic N) is 6. The van der Waals surface area contributed by atoms with Crippen LogP contribution in [0.1, 0.15) is 17.7 Å². The van der Waals surface area contributed by atoms with Gasteiger partial charge in [-0.3, -0.25) is 14.3 Å². The van der Waals surface area contributed by atoms with Gasteiger partial charge in [-0.1, -0.05) is 47.5 Å². The van der Waals surface area contributed by atoms with Crippen LogP contribution in [0.3, 0.4) is 0 Å². The normalized spacial score (nSPS) is 15.1. The van der Waals surface area contributed by atoms with Gasteiger partial charge in [-0.05, 0) is 36.2 Å². The van der Waals surface area contributed by atoms with E-state index in [1.54, 1.807) is 18.6 Å². The van der Waals surface area contributed by atoms with E-state index in [-0.39, 0.29) is 12.7 Å². The van der Waals surface area contributed by atoms with Gasteiger partial charge in [0.2, 0.25) is 0 Å². The summed E-state index contributed by atoms with van der Waals surface area (Å²) in [6, 6.07) is 15.5. The molecule has 5 N–H and O–H groups in total. The molecule has 0 radical (unpaired) electrons. The predicted octanol–water partition coefficient (Wildman–Crippen LogP) is 5.78. The van der Waals surface area contributed by atoms with E-state index >= 15 is 0 Å². The lowest BCUT2D eigenvalue weighted by Gasteiger charge is -2.16. The van der Waals surface area contributed by atoms with Gasteiger partial charge in [-0.25, -0.2) is 15.0 Å². The monoisotopic (exact) mass is 669 g/mol. The maximum Gasteiger partial charge on any atom is 0.180 e. The van der Waals surface area contributed by atoms with E-state index in [0.717, 1.165) is 52.8 Å². The molecular weight excluding hydrogens is 637 g/mol. The third-order valence-corrected chi connectivity index (χ3v) is 9.02. The highest BCUT2D eigenvalue weighted by Crippen LogP contribution is 2.41. The predicted molar refractivity (Wildman–Crippen MR) is 186 cm³/mol. The summed E-state index contributed by atoms with van der Waals surface area (Å²) >= 11 is 14.0. The van der Waals surface area contributed by atoms with Crippen LogP contribution in [0.4, 0.5) is 23.0 Å². The van der Waals surface area contributed by atoms with Gasteiger partial charge in [-0.2, -0.15) is 0 Å². The fourth-order valence-electron chi connectivity index (χ4n) is 5.91. The average Bonchev–Trinajstić information content (AvgIpc) is 3.69. The third-order valence-electron chi connectivity index (χ3n) is 8.20. The van der Waals surface area contributed by atoms with Crippen molar-refractivity contribution >= 4 is 62.8 Å². The fraction of sp³-hybridized carbons (Fsp3) is 0.235. The highest BCUT2D eigenvalue weighted by molar-refractivity contribution is 6.39.